The average molecular weight is 225 g/mol. The number of hydrogen-bond acceptors (Lipinski definition) is 3. The maximum atomic E-state index is 5.96. The Labute approximate surface area is 100.0 Å². The molecule has 0 aromatic heterocycles. The van der Waals surface area contributed by atoms with Crippen LogP contribution in [0.5, 0.6) is 0 Å². The van der Waals surface area contributed by atoms with Crippen LogP contribution in [0.1, 0.15) is 25.7 Å². The van der Waals surface area contributed by atoms with E-state index in [4.69, 9.17) is 5.73 Å². The van der Waals surface area contributed by atoms with Crippen LogP contribution in [0.2, 0.25) is 0 Å². The van der Waals surface area contributed by atoms with Crippen LogP contribution in [-0.2, 0) is 0 Å². The fraction of sp³-hybridized carbons (Fsp3) is 1.00. The molecule has 0 aromatic rings. The third-order valence-electron chi connectivity index (χ3n) is 4.21. The van der Waals surface area contributed by atoms with Gasteiger partial charge < -0.3 is 15.5 Å². The molecule has 94 valence electrons. The molecule has 2 rings (SSSR count). The molecule has 0 bridgehead atoms. The molecule has 1 aliphatic carbocycles. The summed E-state index contributed by atoms with van der Waals surface area (Å²) < 4.78 is 0. The quantitative estimate of drug-likeness (QED) is 0.775. The lowest BCUT2D eigenvalue weighted by Gasteiger charge is -2.24. The molecule has 1 heterocycles. The van der Waals surface area contributed by atoms with Gasteiger partial charge >= 0.3 is 0 Å². The molecule has 3 nitrogen and oxygen atoms in total. The molecule has 0 radical (unpaired) electrons. The molecule has 3 heteroatoms. The third-order valence-corrected chi connectivity index (χ3v) is 4.21. The molecule has 2 aliphatic rings. The summed E-state index contributed by atoms with van der Waals surface area (Å²) >= 11 is 0. The number of likely N-dealkylation sites (tertiary alicyclic amines) is 1. The predicted octanol–water partition coefficient (Wildman–Crippen LogP) is 0.997. The molecular formula is C13H27N3. The summed E-state index contributed by atoms with van der Waals surface area (Å²) in [6, 6.07) is 0.482. The summed E-state index contributed by atoms with van der Waals surface area (Å²) in [6.45, 7) is 5.10. The minimum absolute atomic E-state index is 0.482. The highest BCUT2D eigenvalue weighted by molar-refractivity contribution is 4.81. The van der Waals surface area contributed by atoms with E-state index in [1.165, 1.54) is 51.9 Å². The van der Waals surface area contributed by atoms with Gasteiger partial charge in [0.2, 0.25) is 0 Å². The first kappa shape index (κ1) is 12.3. The van der Waals surface area contributed by atoms with Gasteiger partial charge in [-0.2, -0.15) is 0 Å². The van der Waals surface area contributed by atoms with E-state index in [0.29, 0.717) is 6.04 Å². The van der Waals surface area contributed by atoms with Crippen molar-refractivity contribution in [1.29, 1.82) is 0 Å². The summed E-state index contributed by atoms with van der Waals surface area (Å²) in [5.41, 5.74) is 5.96. The number of rotatable bonds is 4. The van der Waals surface area contributed by atoms with Gasteiger partial charge in [-0.05, 0) is 58.2 Å². The Kier molecular flexibility index (Phi) is 4.22. The smallest absolute Gasteiger partial charge is 0.00420 e. The molecule has 1 aliphatic heterocycles. The van der Waals surface area contributed by atoms with Gasteiger partial charge in [0.25, 0.3) is 0 Å². The van der Waals surface area contributed by atoms with Crippen LogP contribution in [-0.4, -0.2) is 56.1 Å². The van der Waals surface area contributed by atoms with Crippen molar-refractivity contribution < 1.29 is 0 Å². The molecule has 0 amide bonds. The average Bonchev–Trinajstić information content (AvgIpc) is 2.76. The minimum Gasteiger partial charge on any atom is -0.328 e. The van der Waals surface area contributed by atoms with Crippen LogP contribution in [0.15, 0.2) is 0 Å². The summed E-state index contributed by atoms with van der Waals surface area (Å²) in [4.78, 5) is 4.98. The molecule has 16 heavy (non-hydrogen) atoms. The summed E-state index contributed by atoms with van der Waals surface area (Å²) in [5.74, 6) is 1.75. The highest BCUT2D eigenvalue weighted by Gasteiger charge is 2.25. The van der Waals surface area contributed by atoms with Gasteiger partial charge in [0.05, 0.1) is 0 Å². The monoisotopic (exact) mass is 225 g/mol. The molecule has 3 atom stereocenters. The molecule has 0 spiro atoms. The van der Waals surface area contributed by atoms with Gasteiger partial charge in [0, 0.05) is 25.7 Å². The topological polar surface area (TPSA) is 32.5 Å². The first-order valence-electron chi connectivity index (χ1n) is 6.76. The molecule has 1 saturated heterocycles. The Morgan fingerprint density at radius 3 is 2.50 bits per heavy atom. The van der Waals surface area contributed by atoms with E-state index in [-0.39, 0.29) is 0 Å². The van der Waals surface area contributed by atoms with Crippen molar-refractivity contribution in [2.45, 2.75) is 31.7 Å². The maximum Gasteiger partial charge on any atom is 0.00420 e. The van der Waals surface area contributed by atoms with Crippen LogP contribution < -0.4 is 5.73 Å². The lowest BCUT2D eigenvalue weighted by molar-refractivity contribution is 0.237. The normalized spacial score (nSPS) is 36.4. The summed E-state index contributed by atoms with van der Waals surface area (Å²) in [7, 11) is 4.51. The lowest BCUT2D eigenvalue weighted by Crippen LogP contribution is -2.31. The largest absolute Gasteiger partial charge is 0.328 e. The maximum absolute atomic E-state index is 5.96. The molecule has 2 N–H and O–H groups in total. The Balaban J connectivity index is 1.66. The summed E-state index contributed by atoms with van der Waals surface area (Å²) in [6.07, 6.45) is 5.21. The van der Waals surface area contributed by atoms with Gasteiger partial charge in [-0.25, -0.2) is 0 Å². The fourth-order valence-corrected chi connectivity index (χ4v) is 3.41. The van der Waals surface area contributed by atoms with Crippen molar-refractivity contribution in [3.8, 4) is 0 Å². The van der Waals surface area contributed by atoms with Crippen LogP contribution in [0.3, 0.4) is 0 Å². The Morgan fingerprint density at radius 1 is 1.19 bits per heavy atom. The number of nitrogens with zero attached hydrogens (tertiary/aromatic N) is 2. The zero-order chi connectivity index (χ0) is 11.5. The molecule has 1 saturated carbocycles. The van der Waals surface area contributed by atoms with E-state index in [2.05, 4.69) is 23.9 Å². The third kappa shape index (κ3) is 3.44. The number of hydrogen-bond donors (Lipinski definition) is 1. The minimum atomic E-state index is 0.482. The summed E-state index contributed by atoms with van der Waals surface area (Å²) in [5, 5.41) is 0. The molecule has 2 fully saturated rings. The van der Waals surface area contributed by atoms with E-state index >= 15 is 0 Å². The van der Waals surface area contributed by atoms with Crippen LogP contribution in [0.4, 0.5) is 0 Å². The second-order valence-corrected chi connectivity index (χ2v) is 6.08. The zero-order valence-corrected chi connectivity index (χ0v) is 10.9. The predicted molar refractivity (Wildman–Crippen MR) is 68.4 cm³/mol. The van der Waals surface area contributed by atoms with Crippen LogP contribution in [0, 0.1) is 11.8 Å². The molecule has 0 aromatic carbocycles. The van der Waals surface area contributed by atoms with Gasteiger partial charge in [-0.3, -0.25) is 0 Å². The Morgan fingerprint density at radius 2 is 1.94 bits per heavy atom. The highest BCUT2D eigenvalue weighted by atomic mass is 15.1. The van der Waals surface area contributed by atoms with E-state index in [1.807, 2.05) is 0 Å². The van der Waals surface area contributed by atoms with E-state index in [0.717, 1.165) is 11.8 Å². The highest BCUT2D eigenvalue weighted by Crippen LogP contribution is 2.25. The van der Waals surface area contributed by atoms with Crippen molar-refractivity contribution >= 4 is 0 Å². The SMILES string of the molecule is CN1CCC(CN(C)CC2CCC(N)C2)C1. The zero-order valence-electron chi connectivity index (χ0n) is 10.9. The molecule has 3 unspecified atom stereocenters. The van der Waals surface area contributed by atoms with Gasteiger partial charge in [0.15, 0.2) is 0 Å². The van der Waals surface area contributed by atoms with Gasteiger partial charge in [0.1, 0.15) is 0 Å². The van der Waals surface area contributed by atoms with Crippen molar-refractivity contribution in [2.75, 3.05) is 40.3 Å². The first-order valence-corrected chi connectivity index (χ1v) is 6.76. The van der Waals surface area contributed by atoms with Crippen molar-refractivity contribution in [1.82, 2.24) is 9.80 Å². The van der Waals surface area contributed by atoms with Crippen molar-refractivity contribution in [3.63, 3.8) is 0 Å². The lowest BCUT2D eigenvalue weighted by atomic mass is 10.1. The van der Waals surface area contributed by atoms with E-state index < -0.39 is 0 Å². The number of nitrogens with two attached hydrogens (primary N) is 1. The van der Waals surface area contributed by atoms with Gasteiger partial charge in [-0.1, -0.05) is 0 Å². The van der Waals surface area contributed by atoms with E-state index in [1.54, 1.807) is 0 Å². The second-order valence-electron chi connectivity index (χ2n) is 6.08. The fourth-order valence-electron chi connectivity index (χ4n) is 3.41. The molecular weight excluding hydrogens is 198 g/mol. The van der Waals surface area contributed by atoms with Crippen molar-refractivity contribution in [3.05, 3.63) is 0 Å². The first-order chi connectivity index (χ1) is 7.63. The second kappa shape index (κ2) is 5.48. The Bertz CT molecular complexity index is 197. The van der Waals surface area contributed by atoms with Crippen molar-refractivity contribution in [2.24, 2.45) is 17.6 Å². The Hall–Kier alpha value is -0.120. The van der Waals surface area contributed by atoms with Gasteiger partial charge in [-0.15, -0.1) is 0 Å². The van der Waals surface area contributed by atoms with E-state index in [9.17, 15) is 0 Å². The standard InChI is InChI=1S/C13H27N3/c1-15-6-5-12(9-15)10-16(2)8-11-3-4-13(14)7-11/h11-13H,3-10,14H2,1-2H3. The van der Waals surface area contributed by atoms with Crippen LogP contribution in [0.25, 0.3) is 0 Å². The van der Waals surface area contributed by atoms with Crippen LogP contribution >= 0.6 is 0 Å².